The van der Waals surface area contributed by atoms with Gasteiger partial charge in [0.1, 0.15) is 0 Å². The van der Waals surface area contributed by atoms with E-state index in [1.807, 2.05) is 0 Å². The van der Waals surface area contributed by atoms with E-state index in [1.54, 1.807) is 16.9 Å². The summed E-state index contributed by atoms with van der Waals surface area (Å²) < 4.78 is 14.9. The third-order valence-corrected chi connectivity index (χ3v) is 1.82. The highest BCUT2D eigenvalue weighted by Crippen LogP contribution is 2.16. The molecule has 0 fully saturated rings. The van der Waals surface area contributed by atoms with E-state index in [1.165, 1.54) is 0 Å². The molecule has 1 heterocycles. The van der Waals surface area contributed by atoms with Crippen LogP contribution in [0, 0.1) is 5.92 Å². The fourth-order valence-corrected chi connectivity index (χ4v) is 1.23. The maximum Gasteiger partial charge on any atom is 0.154 e. The summed E-state index contributed by atoms with van der Waals surface area (Å²) in [6, 6.07) is 1.68. The van der Waals surface area contributed by atoms with Gasteiger partial charge in [0, 0.05) is 19.3 Å². The molecular weight excluding hydrogens is 169 g/mol. The number of nitrogens with zero attached hydrogens (tertiary/aromatic N) is 2. The largest absolute Gasteiger partial charge is 0.327 e. The summed E-state index contributed by atoms with van der Waals surface area (Å²) in [6.45, 7) is 4.90. The van der Waals surface area contributed by atoms with E-state index in [0.717, 1.165) is 6.54 Å². The van der Waals surface area contributed by atoms with Crippen LogP contribution in [0.15, 0.2) is 12.3 Å². The molecule has 1 aromatic heterocycles. The van der Waals surface area contributed by atoms with Crippen molar-refractivity contribution in [3.63, 3.8) is 0 Å². The molecule has 3 nitrogen and oxygen atoms in total. The minimum Gasteiger partial charge on any atom is -0.327 e. The molecule has 0 saturated heterocycles. The Morgan fingerprint density at radius 1 is 1.62 bits per heavy atom. The van der Waals surface area contributed by atoms with Gasteiger partial charge >= 0.3 is 0 Å². The minimum absolute atomic E-state index is 0.0176. The Morgan fingerprint density at radius 3 is 2.85 bits per heavy atom. The molecule has 0 aromatic carbocycles. The summed E-state index contributed by atoms with van der Waals surface area (Å²) in [5, 5.41) is 4.05. The van der Waals surface area contributed by atoms with Gasteiger partial charge in [-0.2, -0.15) is 5.10 Å². The zero-order chi connectivity index (χ0) is 9.84. The van der Waals surface area contributed by atoms with Gasteiger partial charge in [-0.15, -0.1) is 0 Å². The molecule has 0 bridgehead atoms. The Kier molecular flexibility index (Phi) is 3.42. The van der Waals surface area contributed by atoms with Gasteiger partial charge in [0.05, 0.1) is 5.69 Å². The second-order valence-electron chi connectivity index (χ2n) is 3.54. The molecule has 0 aliphatic heterocycles. The first-order valence-electron chi connectivity index (χ1n) is 4.51. The predicted molar refractivity (Wildman–Crippen MR) is 50.0 cm³/mol. The Hall–Kier alpha value is -0.900. The normalized spacial score (nSPS) is 13.6. The van der Waals surface area contributed by atoms with E-state index in [9.17, 15) is 4.39 Å². The second-order valence-corrected chi connectivity index (χ2v) is 3.54. The molecule has 0 spiro atoms. The van der Waals surface area contributed by atoms with Crippen LogP contribution in [0.2, 0.25) is 0 Å². The van der Waals surface area contributed by atoms with Crippen LogP contribution in [-0.4, -0.2) is 16.3 Å². The number of nitrogens with two attached hydrogens (primary N) is 1. The van der Waals surface area contributed by atoms with E-state index < -0.39 is 6.17 Å². The molecule has 4 heteroatoms. The average Bonchev–Trinajstić information content (AvgIpc) is 2.50. The highest BCUT2D eigenvalue weighted by atomic mass is 19.1. The van der Waals surface area contributed by atoms with Gasteiger partial charge in [0.15, 0.2) is 6.17 Å². The molecule has 1 atom stereocenters. The van der Waals surface area contributed by atoms with Crippen molar-refractivity contribution < 1.29 is 4.39 Å². The van der Waals surface area contributed by atoms with Crippen LogP contribution in [-0.2, 0) is 6.54 Å². The Morgan fingerprint density at radius 2 is 2.31 bits per heavy atom. The van der Waals surface area contributed by atoms with Crippen LogP contribution in [0.3, 0.4) is 0 Å². The van der Waals surface area contributed by atoms with E-state index in [-0.39, 0.29) is 6.54 Å². The average molecular weight is 185 g/mol. The van der Waals surface area contributed by atoms with Gasteiger partial charge in [-0.1, -0.05) is 13.8 Å². The van der Waals surface area contributed by atoms with Crippen molar-refractivity contribution in [1.82, 2.24) is 9.78 Å². The molecule has 0 radical (unpaired) electrons. The van der Waals surface area contributed by atoms with Gasteiger partial charge in [-0.3, -0.25) is 4.68 Å². The summed E-state index contributed by atoms with van der Waals surface area (Å²) in [5.41, 5.74) is 5.83. The van der Waals surface area contributed by atoms with E-state index in [4.69, 9.17) is 5.73 Å². The van der Waals surface area contributed by atoms with Gasteiger partial charge in [0.25, 0.3) is 0 Å². The van der Waals surface area contributed by atoms with Crippen molar-refractivity contribution in [1.29, 1.82) is 0 Å². The number of aromatic nitrogens is 2. The zero-order valence-corrected chi connectivity index (χ0v) is 8.07. The van der Waals surface area contributed by atoms with Crippen LogP contribution in [0.5, 0.6) is 0 Å². The van der Waals surface area contributed by atoms with E-state index >= 15 is 0 Å². The van der Waals surface area contributed by atoms with Crippen LogP contribution < -0.4 is 5.73 Å². The van der Waals surface area contributed by atoms with E-state index in [2.05, 4.69) is 18.9 Å². The van der Waals surface area contributed by atoms with Crippen LogP contribution in [0.4, 0.5) is 4.39 Å². The SMILES string of the molecule is CC(C)Cn1nccc1C(F)CN. The molecule has 0 aliphatic rings. The first kappa shape index (κ1) is 10.2. The molecule has 1 aromatic rings. The first-order valence-corrected chi connectivity index (χ1v) is 4.51. The van der Waals surface area contributed by atoms with Crippen molar-refractivity contribution >= 4 is 0 Å². The fraction of sp³-hybridized carbons (Fsp3) is 0.667. The van der Waals surface area contributed by atoms with Crippen molar-refractivity contribution in [2.24, 2.45) is 11.7 Å². The van der Waals surface area contributed by atoms with E-state index in [0.29, 0.717) is 11.6 Å². The van der Waals surface area contributed by atoms with Gasteiger partial charge < -0.3 is 5.73 Å². The quantitative estimate of drug-likeness (QED) is 0.772. The van der Waals surface area contributed by atoms with Crippen molar-refractivity contribution in [2.75, 3.05) is 6.54 Å². The maximum absolute atomic E-state index is 13.2. The lowest BCUT2D eigenvalue weighted by atomic mass is 10.2. The minimum atomic E-state index is -1.10. The molecule has 0 aliphatic carbocycles. The Labute approximate surface area is 77.7 Å². The summed E-state index contributed by atoms with van der Waals surface area (Å²) in [5.74, 6) is 0.462. The second kappa shape index (κ2) is 4.37. The standard InChI is InChI=1S/C9H16FN3/c1-7(2)6-13-9(3-4-12-13)8(10)5-11/h3-4,7-8H,5-6,11H2,1-2H3. The fourth-order valence-electron chi connectivity index (χ4n) is 1.23. The molecule has 0 amide bonds. The molecule has 13 heavy (non-hydrogen) atoms. The summed E-state index contributed by atoms with van der Waals surface area (Å²) >= 11 is 0. The number of halogens is 1. The molecule has 1 unspecified atom stereocenters. The first-order chi connectivity index (χ1) is 6.15. The summed E-state index contributed by atoms with van der Waals surface area (Å²) in [7, 11) is 0. The Balaban J connectivity index is 2.76. The number of alkyl halides is 1. The molecule has 74 valence electrons. The number of hydrogen-bond acceptors (Lipinski definition) is 2. The predicted octanol–water partition coefficient (Wildman–Crippen LogP) is 1.51. The summed E-state index contributed by atoms with van der Waals surface area (Å²) in [6.07, 6.45) is 0.515. The van der Waals surface area contributed by atoms with Crippen LogP contribution >= 0.6 is 0 Å². The highest BCUT2D eigenvalue weighted by Gasteiger charge is 2.13. The van der Waals surface area contributed by atoms with Crippen molar-refractivity contribution in [3.8, 4) is 0 Å². The Bertz CT molecular complexity index is 257. The van der Waals surface area contributed by atoms with Crippen LogP contribution in [0.1, 0.15) is 25.7 Å². The topological polar surface area (TPSA) is 43.8 Å². The molecule has 0 saturated carbocycles. The van der Waals surface area contributed by atoms with Crippen molar-refractivity contribution in [2.45, 2.75) is 26.6 Å². The number of rotatable bonds is 4. The lowest BCUT2D eigenvalue weighted by Crippen LogP contribution is -2.15. The summed E-state index contributed by atoms with van der Waals surface area (Å²) in [4.78, 5) is 0. The van der Waals surface area contributed by atoms with Gasteiger partial charge in [-0.05, 0) is 12.0 Å². The third-order valence-electron chi connectivity index (χ3n) is 1.82. The molecule has 2 N–H and O–H groups in total. The van der Waals surface area contributed by atoms with Gasteiger partial charge in [0.2, 0.25) is 0 Å². The smallest absolute Gasteiger partial charge is 0.154 e. The van der Waals surface area contributed by atoms with Crippen molar-refractivity contribution in [3.05, 3.63) is 18.0 Å². The molecule has 1 rings (SSSR count). The zero-order valence-electron chi connectivity index (χ0n) is 8.07. The highest BCUT2D eigenvalue weighted by molar-refractivity contribution is 5.05. The molecular formula is C9H16FN3. The van der Waals surface area contributed by atoms with Crippen LogP contribution in [0.25, 0.3) is 0 Å². The monoisotopic (exact) mass is 185 g/mol. The lowest BCUT2D eigenvalue weighted by molar-refractivity contribution is 0.320. The maximum atomic E-state index is 13.2. The van der Waals surface area contributed by atoms with Gasteiger partial charge in [-0.25, -0.2) is 4.39 Å². The number of hydrogen-bond donors (Lipinski definition) is 1. The lowest BCUT2D eigenvalue weighted by Gasteiger charge is -2.11. The third kappa shape index (κ3) is 2.52.